The highest BCUT2D eigenvalue weighted by atomic mass is 19.4. The summed E-state index contributed by atoms with van der Waals surface area (Å²) in [5, 5.41) is 12.4. The van der Waals surface area contributed by atoms with Crippen LogP contribution in [0.4, 0.5) is 36.8 Å². The Morgan fingerprint density at radius 1 is 0.977 bits per heavy atom. The number of fused-ring (bicyclic) bond motifs is 1. The molecular weight excluding hydrogens is 584 g/mol. The van der Waals surface area contributed by atoms with Crippen molar-refractivity contribution in [2.45, 2.75) is 74.7 Å². The van der Waals surface area contributed by atoms with Crippen molar-refractivity contribution in [3.8, 4) is 11.5 Å². The number of hydrogen-bond donors (Lipinski definition) is 3. The number of benzene rings is 2. The highest BCUT2D eigenvalue weighted by Crippen LogP contribution is 2.52. The summed E-state index contributed by atoms with van der Waals surface area (Å²) in [5.74, 6) is -5.67. The van der Waals surface area contributed by atoms with Gasteiger partial charge in [-0.1, -0.05) is 12.5 Å². The zero-order chi connectivity index (χ0) is 31.5. The number of carbonyl (C=O) groups excluding carboxylic acids is 1. The van der Waals surface area contributed by atoms with E-state index in [9.17, 15) is 31.1 Å². The fourth-order valence-corrected chi connectivity index (χ4v) is 6.32. The van der Waals surface area contributed by atoms with E-state index < -0.39 is 35.6 Å². The Bertz CT molecular complexity index is 1340. The predicted molar refractivity (Wildman–Crippen MR) is 144 cm³/mol. The summed E-state index contributed by atoms with van der Waals surface area (Å²) in [6.45, 7) is 1.00. The maximum atomic E-state index is 14.0. The zero-order valence-corrected chi connectivity index (χ0v) is 23.6. The van der Waals surface area contributed by atoms with Gasteiger partial charge in [-0.15, -0.1) is 0 Å². The van der Waals surface area contributed by atoms with Gasteiger partial charge in [0.2, 0.25) is 0 Å². The van der Waals surface area contributed by atoms with Crippen LogP contribution in [0.1, 0.15) is 50.5 Å². The summed E-state index contributed by atoms with van der Waals surface area (Å²) in [7, 11) is 3.27. The van der Waals surface area contributed by atoms with E-state index in [4.69, 9.17) is 19.4 Å². The summed E-state index contributed by atoms with van der Waals surface area (Å²) in [6.07, 6.45) is 1.93. The Hall–Kier alpha value is -3.68. The minimum Gasteiger partial charge on any atom is -0.493 e. The molecule has 236 valence electrons. The highest BCUT2D eigenvalue weighted by Gasteiger charge is 2.53. The van der Waals surface area contributed by atoms with E-state index in [-0.39, 0.29) is 23.2 Å². The Morgan fingerprint density at radius 2 is 1.65 bits per heavy atom. The molecule has 1 saturated heterocycles. The van der Waals surface area contributed by atoms with Crippen LogP contribution in [0.25, 0.3) is 0 Å². The number of carbonyl (C=O) groups is 2. The number of carboxylic acids is 1. The van der Waals surface area contributed by atoms with Gasteiger partial charge in [0.1, 0.15) is 0 Å². The van der Waals surface area contributed by atoms with Crippen LogP contribution in [-0.4, -0.2) is 67.1 Å². The first-order valence-corrected chi connectivity index (χ1v) is 13.8. The second kappa shape index (κ2) is 12.9. The number of hydrogen-bond acceptors (Lipinski definition) is 5. The van der Waals surface area contributed by atoms with Gasteiger partial charge in [-0.05, 0) is 74.9 Å². The average Bonchev–Trinajstić information content (AvgIpc) is 3.31. The molecule has 5 rings (SSSR count). The lowest BCUT2D eigenvalue weighted by molar-refractivity contribution is -0.192. The number of nitrogens with zero attached hydrogens (tertiary/aromatic N) is 1. The topological polar surface area (TPSA) is 100 Å². The van der Waals surface area contributed by atoms with E-state index in [2.05, 4.69) is 27.7 Å². The van der Waals surface area contributed by atoms with Crippen molar-refractivity contribution in [1.82, 2.24) is 10.2 Å². The third-order valence-electron chi connectivity index (χ3n) is 8.66. The first-order chi connectivity index (χ1) is 20.3. The Kier molecular flexibility index (Phi) is 9.67. The van der Waals surface area contributed by atoms with Gasteiger partial charge < -0.3 is 25.2 Å². The molecule has 2 aliphatic carbocycles. The molecule has 1 heterocycles. The minimum absolute atomic E-state index is 0.0595. The van der Waals surface area contributed by atoms with E-state index >= 15 is 0 Å². The Labute approximate surface area is 244 Å². The van der Waals surface area contributed by atoms with Crippen LogP contribution in [0.15, 0.2) is 30.3 Å². The number of alkyl halides is 3. The fraction of sp³-hybridized carbons (Fsp3) is 0.517. The molecule has 0 spiro atoms. The summed E-state index contributed by atoms with van der Waals surface area (Å²) >= 11 is 0. The Morgan fingerprint density at radius 3 is 2.23 bits per heavy atom. The van der Waals surface area contributed by atoms with Crippen molar-refractivity contribution >= 4 is 17.7 Å². The number of amides is 2. The third-order valence-corrected chi connectivity index (χ3v) is 8.66. The molecule has 2 amide bonds. The van der Waals surface area contributed by atoms with Crippen molar-refractivity contribution in [1.29, 1.82) is 0 Å². The summed E-state index contributed by atoms with van der Waals surface area (Å²) in [5.41, 5.74) is 0.772. The molecule has 14 heteroatoms. The van der Waals surface area contributed by atoms with Gasteiger partial charge in [0.05, 0.1) is 19.9 Å². The summed E-state index contributed by atoms with van der Waals surface area (Å²) in [4.78, 5) is 24.2. The molecule has 2 aromatic rings. The largest absolute Gasteiger partial charge is 0.493 e. The zero-order valence-electron chi connectivity index (χ0n) is 23.6. The second-order valence-corrected chi connectivity index (χ2v) is 10.9. The Balaban J connectivity index is 0.000000541. The van der Waals surface area contributed by atoms with Crippen molar-refractivity contribution in [2.75, 3.05) is 26.1 Å². The van der Waals surface area contributed by atoms with Gasteiger partial charge in [-0.25, -0.2) is 22.8 Å². The number of halogens is 6. The van der Waals surface area contributed by atoms with Gasteiger partial charge >= 0.3 is 18.2 Å². The van der Waals surface area contributed by atoms with Crippen molar-refractivity contribution < 1.29 is 50.5 Å². The van der Waals surface area contributed by atoms with Crippen molar-refractivity contribution in [2.24, 2.45) is 0 Å². The minimum atomic E-state index is -5.08. The molecule has 0 aromatic heterocycles. The lowest BCUT2D eigenvalue weighted by Crippen LogP contribution is -2.55. The van der Waals surface area contributed by atoms with Gasteiger partial charge in [0.15, 0.2) is 29.0 Å². The first-order valence-electron chi connectivity index (χ1n) is 13.8. The molecule has 2 aromatic carbocycles. The van der Waals surface area contributed by atoms with E-state index in [0.717, 1.165) is 44.4 Å². The second-order valence-electron chi connectivity index (χ2n) is 10.9. The molecule has 0 bridgehead atoms. The molecule has 0 unspecified atom stereocenters. The first kappa shape index (κ1) is 32.2. The summed E-state index contributed by atoms with van der Waals surface area (Å²) in [6, 6.07) is 8.02. The van der Waals surface area contributed by atoms with Gasteiger partial charge in [0.25, 0.3) is 0 Å². The van der Waals surface area contributed by atoms with Crippen LogP contribution in [0.3, 0.4) is 0 Å². The van der Waals surface area contributed by atoms with Crippen molar-refractivity contribution in [3.05, 3.63) is 53.3 Å². The molecule has 2 saturated carbocycles. The van der Waals surface area contributed by atoms with Crippen LogP contribution < -0.4 is 20.1 Å². The fourth-order valence-electron chi connectivity index (χ4n) is 6.32. The van der Waals surface area contributed by atoms with Gasteiger partial charge in [0, 0.05) is 23.5 Å². The normalized spacial score (nSPS) is 23.7. The monoisotopic (exact) mass is 617 g/mol. The maximum absolute atomic E-state index is 14.0. The van der Waals surface area contributed by atoms with Crippen LogP contribution >= 0.6 is 0 Å². The number of anilines is 1. The third kappa shape index (κ3) is 6.78. The van der Waals surface area contributed by atoms with Crippen LogP contribution in [-0.2, 0) is 10.2 Å². The number of nitrogens with one attached hydrogen (secondary N) is 2. The maximum Gasteiger partial charge on any atom is 0.490 e. The molecule has 8 nitrogen and oxygen atoms in total. The van der Waals surface area contributed by atoms with E-state index in [1.54, 1.807) is 14.2 Å². The number of ether oxygens (including phenoxy) is 2. The molecule has 0 radical (unpaired) electrons. The number of methoxy groups -OCH3 is 2. The number of carboxylic acid groups (broad SMARTS) is 1. The lowest BCUT2D eigenvalue weighted by atomic mass is 9.64. The van der Waals surface area contributed by atoms with Gasteiger partial charge in [-0.2, -0.15) is 13.2 Å². The van der Waals surface area contributed by atoms with E-state index in [0.29, 0.717) is 17.5 Å². The molecule has 1 aliphatic heterocycles. The number of rotatable bonds is 6. The van der Waals surface area contributed by atoms with Gasteiger partial charge in [-0.3, -0.25) is 4.90 Å². The number of aliphatic carboxylic acids is 1. The SMILES string of the molecule is COc1ccc([C@@]23CC[C@@H](NC(=O)Nc4ccc(F)c(F)c4F)C[C@@H]2N(C2CCC2)CC3)cc1OC.O=C(O)C(F)(F)F. The quantitative estimate of drug-likeness (QED) is 0.272. The number of urea groups is 1. The molecule has 3 atom stereocenters. The molecule has 3 fully saturated rings. The van der Waals surface area contributed by atoms with Crippen LogP contribution in [0, 0.1) is 17.5 Å². The highest BCUT2D eigenvalue weighted by molar-refractivity contribution is 5.89. The molecule has 3 aliphatic rings. The van der Waals surface area contributed by atoms with Crippen molar-refractivity contribution in [3.63, 3.8) is 0 Å². The standard InChI is InChI=1S/C27H32F3N3O3.C2HF3O2/c1-35-21-9-6-16(14-22(21)36-2)27-11-10-17(15-23(27)33(13-12-27)18-4-3-5-18)31-26(34)32-20-8-7-19(28)24(29)25(20)30;3-2(4,5)1(6)7/h6-9,14,17-18,23H,3-5,10-13,15H2,1-2H3,(H2,31,32,34);(H,6,7)/t17-,23+,27+;/m1./s1. The lowest BCUT2D eigenvalue weighted by Gasteiger charge is -2.48. The smallest absolute Gasteiger partial charge is 0.490 e. The molecule has 3 N–H and O–H groups in total. The predicted octanol–water partition coefficient (Wildman–Crippen LogP) is 5.99. The molecular formula is C29H33F6N3O5. The number of likely N-dealkylation sites (tertiary alicyclic amines) is 1. The van der Waals surface area contributed by atoms with Crippen LogP contribution in [0.5, 0.6) is 11.5 Å². The van der Waals surface area contributed by atoms with E-state index in [1.807, 2.05) is 6.07 Å². The average molecular weight is 618 g/mol. The van der Waals surface area contributed by atoms with Crippen LogP contribution in [0.2, 0.25) is 0 Å². The summed E-state index contributed by atoms with van der Waals surface area (Å²) < 4.78 is 83.6. The van der Waals surface area contributed by atoms with E-state index in [1.165, 1.54) is 24.8 Å². The molecule has 43 heavy (non-hydrogen) atoms.